The summed E-state index contributed by atoms with van der Waals surface area (Å²) in [5.74, 6) is 0.00947. The van der Waals surface area contributed by atoms with Gasteiger partial charge in [0.1, 0.15) is 10.7 Å². The fourth-order valence-corrected chi connectivity index (χ4v) is 6.49. The maximum atomic E-state index is 12.7. The van der Waals surface area contributed by atoms with E-state index < -0.39 is 9.84 Å². The summed E-state index contributed by atoms with van der Waals surface area (Å²) in [7, 11) is -3.56. The molecule has 0 unspecified atom stereocenters. The van der Waals surface area contributed by atoms with Gasteiger partial charge < -0.3 is 15.4 Å². The highest BCUT2D eigenvalue weighted by molar-refractivity contribution is 7.91. The first-order valence-corrected chi connectivity index (χ1v) is 12.9. The molecule has 5 rings (SSSR count). The molecule has 1 aliphatic rings. The molecule has 0 amide bonds. The van der Waals surface area contributed by atoms with Gasteiger partial charge in [0.2, 0.25) is 0 Å². The van der Waals surface area contributed by atoms with Gasteiger partial charge in [0, 0.05) is 35.4 Å². The van der Waals surface area contributed by atoms with Crippen LogP contribution in [-0.2, 0) is 16.4 Å². The maximum absolute atomic E-state index is 12.7. The van der Waals surface area contributed by atoms with Crippen LogP contribution in [0.1, 0.15) is 24.1 Å². The van der Waals surface area contributed by atoms with Crippen molar-refractivity contribution in [3.05, 3.63) is 53.4 Å². The van der Waals surface area contributed by atoms with Crippen LogP contribution in [0.15, 0.2) is 47.2 Å². The zero-order valence-electron chi connectivity index (χ0n) is 17.4. The molecule has 0 bridgehead atoms. The van der Waals surface area contributed by atoms with Crippen molar-refractivity contribution in [3.8, 4) is 16.6 Å². The number of fused-ring (bicyclic) bond motifs is 1. The molecule has 0 radical (unpaired) electrons. The molecule has 0 saturated heterocycles. The van der Waals surface area contributed by atoms with Crippen molar-refractivity contribution >= 4 is 37.9 Å². The summed E-state index contributed by atoms with van der Waals surface area (Å²) in [6.07, 6.45) is 6.33. The quantitative estimate of drug-likeness (QED) is 0.366. The van der Waals surface area contributed by atoms with Crippen molar-refractivity contribution in [1.29, 1.82) is 5.26 Å². The average Bonchev–Trinajstić information content (AvgIpc) is 3.47. The molecule has 0 aromatic carbocycles. The van der Waals surface area contributed by atoms with Crippen molar-refractivity contribution in [1.82, 2.24) is 19.9 Å². The molecule has 0 spiro atoms. The summed E-state index contributed by atoms with van der Waals surface area (Å²) in [6.45, 7) is -0.121. The predicted octanol–water partition coefficient (Wildman–Crippen LogP) is 3.11. The Hall–Kier alpha value is -3.33. The Balaban J connectivity index is 1.32. The zero-order chi connectivity index (χ0) is 23.0. The van der Waals surface area contributed by atoms with E-state index in [4.69, 9.17) is 5.26 Å². The van der Waals surface area contributed by atoms with Crippen molar-refractivity contribution < 1.29 is 13.5 Å². The van der Waals surface area contributed by atoms with Gasteiger partial charge in [-0.25, -0.2) is 23.4 Å². The number of nitriles is 1. The van der Waals surface area contributed by atoms with Gasteiger partial charge in [0.05, 0.1) is 40.9 Å². The number of pyridine rings is 2. The van der Waals surface area contributed by atoms with Crippen LogP contribution in [0.25, 0.3) is 21.6 Å². The van der Waals surface area contributed by atoms with Crippen LogP contribution in [0, 0.1) is 17.2 Å². The Bertz CT molecular complexity index is 1460. The van der Waals surface area contributed by atoms with Gasteiger partial charge in [-0.2, -0.15) is 5.26 Å². The third kappa shape index (κ3) is 4.20. The molecule has 1 saturated carbocycles. The molecular formula is C22H20N6O3S2. The number of aliphatic hydroxyl groups excluding tert-OH is 1. The lowest BCUT2D eigenvalue weighted by Crippen LogP contribution is -2.39. The van der Waals surface area contributed by atoms with E-state index in [0.717, 1.165) is 27.3 Å². The van der Waals surface area contributed by atoms with Gasteiger partial charge in [-0.15, -0.1) is 11.3 Å². The number of aromatic amines is 1. The highest BCUT2D eigenvalue weighted by Gasteiger charge is 2.34. The highest BCUT2D eigenvalue weighted by atomic mass is 32.2. The molecule has 3 N–H and O–H groups in total. The number of rotatable bonds is 7. The first kappa shape index (κ1) is 21.5. The predicted molar refractivity (Wildman–Crippen MR) is 124 cm³/mol. The van der Waals surface area contributed by atoms with Gasteiger partial charge in [-0.3, -0.25) is 0 Å². The molecule has 33 heavy (non-hydrogen) atoms. The first-order valence-electron chi connectivity index (χ1n) is 10.3. The zero-order valence-corrected chi connectivity index (χ0v) is 19.0. The van der Waals surface area contributed by atoms with Crippen LogP contribution >= 0.6 is 11.3 Å². The second-order valence-electron chi connectivity index (χ2n) is 8.04. The van der Waals surface area contributed by atoms with Crippen molar-refractivity contribution in [2.24, 2.45) is 5.92 Å². The summed E-state index contributed by atoms with van der Waals surface area (Å²) in [4.78, 5) is 16.0. The van der Waals surface area contributed by atoms with E-state index in [-0.39, 0.29) is 34.9 Å². The normalized spacial score (nSPS) is 18.1. The Kier molecular flexibility index (Phi) is 5.57. The third-order valence-corrected chi connectivity index (χ3v) is 8.45. The minimum Gasteiger partial charge on any atom is -0.390 e. The van der Waals surface area contributed by atoms with Crippen LogP contribution < -0.4 is 5.32 Å². The smallest absolute Gasteiger partial charge is 0.195 e. The minimum atomic E-state index is -3.56. The third-order valence-electron chi connectivity index (χ3n) is 5.75. The van der Waals surface area contributed by atoms with Crippen molar-refractivity contribution in [2.45, 2.75) is 30.5 Å². The first-order chi connectivity index (χ1) is 16.0. The highest BCUT2D eigenvalue weighted by Crippen LogP contribution is 2.39. The van der Waals surface area contributed by atoms with E-state index in [1.165, 1.54) is 29.7 Å². The Morgan fingerprint density at radius 3 is 2.91 bits per heavy atom. The van der Waals surface area contributed by atoms with Crippen molar-refractivity contribution in [2.75, 3.05) is 11.1 Å². The molecule has 168 valence electrons. The fraction of sp³-hybridized carbons (Fsp3) is 0.273. The van der Waals surface area contributed by atoms with Crippen LogP contribution in [0.2, 0.25) is 0 Å². The summed E-state index contributed by atoms with van der Waals surface area (Å²) in [5.41, 5.74) is 3.39. The number of H-pyrrole nitrogens is 1. The Morgan fingerprint density at radius 2 is 2.15 bits per heavy atom. The Morgan fingerprint density at radius 1 is 1.30 bits per heavy atom. The number of aromatic nitrogens is 4. The van der Waals surface area contributed by atoms with Gasteiger partial charge in [0.15, 0.2) is 14.9 Å². The molecule has 1 aliphatic carbocycles. The number of aliphatic hydroxyl groups is 1. The topological polar surface area (TPSA) is 145 Å². The summed E-state index contributed by atoms with van der Waals surface area (Å²) >= 11 is 1.44. The van der Waals surface area contributed by atoms with Crippen LogP contribution in [0.4, 0.5) is 5.69 Å². The number of hydrogen-bond acceptors (Lipinski definition) is 9. The van der Waals surface area contributed by atoms with E-state index in [9.17, 15) is 13.5 Å². The molecule has 11 heteroatoms. The Labute approximate surface area is 194 Å². The molecule has 4 aromatic heterocycles. The standard InChI is InChI=1S/C22H20N6O3S2/c23-8-13-1-3-24-19(7-13)33(30,31)12-14-5-15(6-14)27-20-17-2-4-25-21(17)26-9-18(20)22-28-16(10-29)11-32-22/h1-4,7,9,11,14-15,29H,5-6,10,12H2,(H2,25,26,27). The van der Waals surface area contributed by atoms with Gasteiger partial charge in [-0.05, 0) is 37.0 Å². The van der Waals surface area contributed by atoms with E-state index in [0.29, 0.717) is 18.5 Å². The van der Waals surface area contributed by atoms with Gasteiger partial charge in [-0.1, -0.05) is 0 Å². The molecule has 0 atom stereocenters. The van der Waals surface area contributed by atoms with Crippen LogP contribution in [0.3, 0.4) is 0 Å². The van der Waals surface area contributed by atoms with Crippen molar-refractivity contribution in [3.63, 3.8) is 0 Å². The van der Waals surface area contributed by atoms with E-state index in [1.807, 2.05) is 23.7 Å². The average molecular weight is 481 g/mol. The largest absolute Gasteiger partial charge is 0.390 e. The lowest BCUT2D eigenvalue weighted by Gasteiger charge is -2.36. The number of nitrogens with one attached hydrogen (secondary N) is 2. The fourth-order valence-electron chi connectivity index (χ4n) is 4.07. The van der Waals surface area contributed by atoms with E-state index in [1.54, 1.807) is 6.20 Å². The number of nitrogens with zero attached hydrogens (tertiary/aromatic N) is 4. The van der Waals surface area contributed by atoms with Crippen LogP contribution in [-0.4, -0.2) is 45.3 Å². The minimum absolute atomic E-state index is 0.00215. The van der Waals surface area contributed by atoms with E-state index >= 15 is 0 Å². The number of hydrogen-bond donors (Lipinski definition) is 3. The second-order valence-corrected chi connectivity index (χ2v) is 10.9. The lowest BCUT2D eigenvalue weighted by molar-refractivity contribution is 0.278. The summed E-state index contributed by atoms with van der Waals surface area (Å²) < 4.78 is 25.5. The molecule has 4 heterocycles. The molecular weight excluding hydrogens is 460 g/mol. The summed E-state index contributed by atoms with van der Waals surface area (Å²) in [5, 5.41) is 25.4. The molecule has 0 aliphatic heterocycles. The summed E-state index contributed by atoms with van der Waals surface area (Å²) in [6, 6.07) is 6.82. The lowest BCUT2D eigenvalue weighted by atomic mass is 9.81. The van der Waals surface area contributed by atoms with Gasteiger partial charge >= 0.3 is 0 Å². The monoisotopic (exact) mass is 480 g/mol. The van der Waals surface area contributed by atoms with Gasteiger partial charge in [0.25, 0.3) is 0 Å². The SMILES string of the molecule is N#Cc1ccnc(S(=O)(=O)CC2CC(Nc3c(-c4nc(CO)cs4)cnc4[nH]ccc34)C2)c1. The number of sulfone groups is 1. The number of anilines is 1. The second kappa shape index (κ2) is 8.55. The molecule has 1 fully saturated rings. The number of thiazole rings is 1. The molecule has 4 aromatic rings. The molecule has 9 nitrogen and oxygen atoms in total. The van der Waals surface area contributed by atoms with Crippen LogP contribution in [0.5, 0.6) is 0 Å². The van der Waals surface area contributed by atoms with E-state index in [2.05, 4.69) is 25.3 Å². The maximum Gasteiger partial charge on any atom is 0.195 e.